The van der Waals surface area contributed by atoms with Crippen molar-refractivity contribution in [3.8, 4) is 0 Å². The van der Waals surface area contributed by atoms with Gasteiger partial charge in [-0.2, -0.15) is 0 Å². The van der Waals surface area contributed by atoms with Crippen molar-refractivity contribution < 1.29 is 19.1 Å². The summed E-state index contributed by atoms with van der Waals surface area (Å²) in [6.45, 7) is 3.66. The molecule has 0 aliphatic rings. The zero-order valence-corrected chi connectivity index (χ0v) is 8.57. The summed E-state index contributed by atoms with van der Waals surface area (Å²) in [7, 11) is 2.55. The molecule has 0 spiro atoms. The third kappa shape index (κ3) is 2.34. The number of ether oxygens (including phenoxy) is 2. The topological polar surface area (TPSA) is 52.6 Å². The predicted octanol–water partition coefficient (Wildman–Crippen LogP) is 1.44. The summed E-state index contributed by atoms with van der Waals surface area (Å²) < 4.78 is 9.09. The molecule has 0 aliphatic heterocycles. The van der Waals surface area contributed by atoms with Crippen molar-refractivity contribution in [2.75, 3.05) is 14.2 Å². The summed E-state index contributed by atoms with van der Waals surface area (Å²) >= 11 is 0. The molecule has 79 valence electrons. The van der Waals surface area contributed by atoms with E-state index in [4.69, 9.17) is 0 Å². The first-order valence-corrected chi connectivity index (χ1v) is 4.22. The van der Waals surface area contributed by atoms with Crippen molar-refractivity contribution in [3.05, 3.63) is 41.8 Å². The fourth-order valence-electron chi connectivity index (χ4n) is 1.12. The summed E-state index contributed by atoms with van der Waals surface area (Å²) in [5.74, 6) is -1.02. The highest BCUT2D eigenvalue weighted by atomic mass is 16.5. The van der Waals surface area contributed by atoms with Gasteiger partial charge in [0.05, 0.1) is 25.3 Å². The molecule has 0 saturated carbocycles. The van der Waals surface area contributed by atoms with Crippen molar-refractivity contribution in [1.82, 2.24) is 0 Å². The Morgan fingerprint density at radius 1 is 1.13 bits per heavy atom. The number of hydrogen-bond donors (Lipinski definition) is 0. The predicted molar refractivity (Wildman–Crippen MR) is 53.6 cm³/mol. The summed E-state index contributed by atoms with van der Waals surface area (Å²) in [6, 6.07) is 4.51. The Bertz CT molecular complexity index is 396. The molecule has 0 amide bonds. The van der Waals surface area contributed by atoms with Gasteiger partial charge < -0.3 is 9.47 Å². The van der Waals surface area contributed by atoms with Crippen molar-refractivity contribution in [1.29, 1.82) is 0 Å². The van der Waals surface area contributed by atoms with Gasteiger partial charge in [0, 0.05) is 0 Å². The smallest absolute Gasteiger partial charge is 0.338 e. The average molecular weight is 207 g/mol. The lowest BCUT2D eigenvalue weighted by Crippen LogP contribution is -2.07. The largest absolute Gasteiger partial charge is 0.465 e. The van der Waals surface area contributed by atoms with Gasteiger partial charge in [-0.05, 0) is 24.6 Å². The fraction of sp³-hybridized carbons (Fsp3) is 0.182. The second-order valence-corrected chi connectivity index (χ2v) is 2.86. The van der Waals surface area contributed by atoms with Crippen LogP contribution in [0.25, 0.3) is 0 Å². The highest BCUT2D eigenvalue weighted by Crippen LogP contribution is 2.13. The van der Waals surface area contributed by atoms with Crippen LogP contribution in [0.4, 0.5) is 0 Å². The minimum Gasteiger partial charge on any atom is -0.465 e. The van der Waals surface area contributed by atoms with Crippen LogP contribution in [0.5, 0.6) is 0 Å². The van der Waals surface area contributed by atoms with Gasteiger partial charge in [-0.1, -0.05) is 6.07 Å². The van der Waals surface area contributed by atoms with E-state index in [0.29, 0.717) is 11.1 Å². The first kappa shape index (κ1) is 11.2. The second kappa shape index (κ2) is 4.59. The molecule has 0 unspecified atom stereocenters. The number of hydrogen-bond acceptors (Lipinski definition) is 4. The van der Waals surface area contributed by atoms with Crippen LogP contribution < -0.4 is 0 Å². The summed E-state index contributed by atoms with van der Waals surface area (Å²) in [5.41, 5.74) is 1.07. The Morgan fingerprint density at radius 3 is 2.27 bits per heavy atom. The number of carbonyl (C=O) groups excluding carboxylic acids is 2. The number of benzene rings is 1. The van der Waals surface area contributed by atoms with Crippen LogP contribution in [0.15, 0.2) is 18.2 Å². The van der Waals surface area contributed by atoms with Crippen LogP contribution in [0.1, 0.15) is 26.3 Å². The molecule has 0 heterocycles. The molecule has 0 bridgehead atoms. The SMILES string of the molecule is [CH2]c1ccc(C(=O)OC)cc1C(=O)OC. The van der Waals surface area contributed by atoms with E-state index in [1.165, 1.54) is 20.3 Å². The van der Waals surface area contributed by atoms with E-state index in [-0.39, 0.29) is 5.56 Å². The van der Waals surface area contributed by atoms with Gasteiger partial charge in [0.25, 0.3) is 0 Å². The molecule has 0 aliphatic carbocycles. The molecule has 1 rings (SSSR count). The van der Waals surface area contributed by atoms with E-state index in [1.54, 1.807) is 12.1 Å². The number of carbonyl (C=O) groups is 2. The van der Waals surface area contributed by atoms with Crippen molar-refractivity contribution >= 4 is 11.9 Å². The van der Waals surface area contributed by atoms with Crippen LogP contribution in [-0.4, -0.2) is 26.2 Å². The molecule has 0 atom stereocenters. The van der Waals surface area contributed by atoms with Crippen molar-refractivity contribution in [2.45, 2.75) is 0 Å². The molecule has 0 saturated heterocycles. The van der Waals surface area contributed by atoms with Crippen molar-refractivity contribution in [3.63, 3.8) is 0 Å². The third-order valence-electron chi connectivity index (χ3n) is 1.94. The monoisotopic (exact) mass is 207 g/mol. The normalized spacial score (nSPS) is 9.53. The van der Waals surface area contributed by atoms with Crippen LogP contribution in [0, 0.1) is 6.92 Å². The van der Waals surface area contributed by atoms with Gasteiger partial charge in [0.2, 0.25) is 0 Å². The van der Waals surface area contributed by atoms with Crippen molar-refractivity contribution in [2.24, 2.45) is 0 Å². The maximum atomic E-state index is 11.3. The maximum Gasteiger partial charge on any atom is 0.338 e. The van der Waals surface area contributed by atoms with Crippen LogP contribution in [0.3, 0.4) is 0 Å². The molecule has 1 aromatic carbocycles. The van der Waals surface area contributed by atoms with Gasteiger partial charge in [0.1, 0.15) is 0 Å². The second-order valence-electron chi connectivity index (χ2n) is 2.86. The van der Waals surface area contributed by atoms with E-state index in [9.17, 15) is 9.59 Å². The molecule has 4 heteroatoms. The first-order chi connectivity index (χ1) is 7.10. The average Bonchev–Trinajstić information content (AvgIpc) is 2.27. The van der Waals surface area contributed by atoms with Gasteiger partial charge in [-0.3, -0.25) is 0 Å². The van der Waals surface area contributed by atoms with E-state index in [0.717, 1.165) is 0 Å². The molecule has 15 heavy (non-hydrogen) atoms. The zero-order chi connectivity index (χ0) is 11.4. The Morgan fingerprint density at radius 2 is 1.73 bits per heavy atom. The lowest BCUT2D eigenvalue weighted by molar-refractivity contribution is 0.0599. The maximum absolute atomic E-state index is 11.3. The van der Waals surface area contributed by atoms with Gasteiger partial charge in [-0.15, -0.1) is 0 Å². The minimum absolute atomic E-state index is 0.264. The van der Waals surface area contributed by atoms with Crippen LogP contribution in [0.2, 0.25) is 0 Å². The first-order valence-electron chi connectivity index (χ1n) is 4.22. The Hall–Kier alpha value is -1.84. The quantitative estimate of drug-likeness (QED) is 0.688. The van der Waals surface area contributed by atoms with Gasteiger partial charge in [-0.25, -0.2) is 9.59 Å². The summed E-state index contributed by atoms with van der Waals surface area (Å²) in [5, 5.41) is 0. The van der Waals surface area contributed by atoms with Crippen LogP contribution in [-0.2, 0) is 9.47 Å². The van der Waals surface area contributed by atoms with Gasteiger partial charge >= 0.3 is 11.9 Å². The van der Waals surface area contributed by atoms with E-state index >= 15 is 0 Å². The Labute approximate surface area is 87.8 Å². The Kier molecular flexibility index (Phi) is 3.44. The Balaban J connectivity index is 3.16. The van der Waals surface area contributed by atoms with E-state index < -0.39 is 11.9 Å². The van der Waals surface area contributed by atoms with E-state index in [1.807, 2.05) is 0 Å². The molecule has 4 nitrogen and oxygen atoms in total. The highest BCUT2D eigenvalue weighted by Gasteiger charge is 2.13. The standard InChI is InChI=1S/C11H11O4/c1-7-4-5-8(10(12)14-2)6-9(7)11(13)15-3/h4-6H,1H2,2-3H3. The number of rotatable bonds is 2. The zero-order valence-electron chi connectivity index (χ0n) is 8.57. The molecule has 0 fully saturated rings. The van der Waals surface area contributed by atoms with Crippen LogP contribution >= 0.6 is 0 Å². The molecular weight excluding hydrogens is 196 g/mol. The fourth-order valence-corrected chi connectivity index (χ4v) is 1.12. The van der Waals surface area contributed by atoms with Gasteiger partial charge in [0.15, 0.2) is 0 Å². The molecule has 0 aromatic heterocycles. The molecule has 0 N–H and O–H groups in total. The molecule has 1 radical (unpaired) electrons. The molecule has 1 aromatic rings. The lowest BCUT2D eigenvalue weighted by atomic mass is 10.1. The minimum atomic E-state index is -0.522. The number of esters is 2. The molecular formula is C11H11O4. The van der Waals surface area contributed by atoms with E-state index in [2.05, 4.69) is 16.4 Å². The number of methoxy groups -OCH3 is 2. The summed E-state index contributed by atoms with van der Waals surface area (Å²) in [6.07, 6.45) is 0. The lowest BCUT2D eigenvalue weighted by Gasteiger charge is -2.05. The third-order valence-corrected chi connectivity index (χ3v) is 1.94. The highest BCUT2D eigenvalue weighted by molar-refractivity contribution is 5.96. The summed E-state index contributed by atoms with van der Waals surface area (Å²) in [4.78, 5) is 22.5.